The summed E-state index contributed by atoms with van der Waals surface area (Å²) >= 11 is 0. The molecule has 0 amide bonds. The van der Waals surface area contributed by atoms with E-state index in [-0.39, 0.29) is 6.10 Å². The van der Waals surface area contributed by atoms with Crippen molar-refractivity contribution >= 4 is 0 Å². The Balaban J connectivity index is 2.36. The van der Waals surface area contributed by atoms with Crippen LogP contribution in [0.15, 0.2) is 5.11 Å². The maximum Gasteiger partial charge on any atom is 0.163 e. The van der Waals surface area contributed by atoms with E-state index in [9.17, 15) is 0 Å². The van der Waals surface area contributed by atoms with Gasteiger partial charge in [0.25, 0.3) is 0 Å². The number of azide groups is 1. The smallest absolute Gasteiger partial charge is 0.163 e. The van der Waals surface area contributed by atoms with Crippen molar-refractivity contribution in [1.82, 2.24) is 0 Å². The highest BCUT2D eigenvalue weighted by atomic mass is 16.7. The predicted octanol–water partition coefficient (Wildman–Crippen LogP) is 1.45. The molecule has 1 fully saturated rings. The van der Waals surface area contributed by atoms with Gasteiger partial charge in [0.2, 0.25) is 0 Å². The molecule has 0 aromatic heterocycles. The van der Waals surface area contributed by atoms with Gasteiger partial charge in [0.05, 0.1) is 19.3 Å². The van der Waals surface area contributed by atoms with E-state index in [0.29, 0.717) is 13.2 Å². The molecule has 5 nitrogen and oxygen atoms in total. The van der Waals surface area contributed by atoms with Gasteiger partial charge in [-0.3, -0.25) is 0 Å². The summed E-state index contributed by atoms with van der Waals surface area (Å²) in [5, 5.41) is 3.39. The maximum absolute atomic E-state index is 8.02. The summed E-state index contributed by atoms with van der Waals surface area (Å²) < 4.78 is 10.6. The highest BCUT2D eigenvalue weighted by molar-refractivity contribution is 4.72. The third-order valence-corrected chi connectivity index (χ3v) is 1.42. The molecule has 1 rings (SSSR count). The van der Waals surface area contributed by atoms with Crippen LogP contribution in [0.5, 0.6) is 0 Å². The zero-order valence-corrected chi connectivity index (χ0v) is 6.65. The Labute approximate surface area is 64.9 Å². The number of ether oxygens (including phenoxy) is 2. The molecule has 1 atom stereocenters. The van der Waals surface area contributed by atoms with Crippen molar-refractivity contribution in [3.63, 3.8) is 0 Å². The monoisotopic (exact) mass is 157 g/mol. The number of hydrogen-bond donors (Lipinski definition) is 0. The molecule has 62 valence electrons. The lowest BCUT2D eigenvalue weighted by Gasteiger charge is -2.15. The Morgan fingerprint density at radius 3 is 2.91 bits per heavy atom. The molecule has 0 bridgehead atoms. The van der Waals surface area contributed by atoms with Gasteiger partial charge in [0.15, 0.2) is 5.79 Å². The molecule has 0 aromatic rings. The zero-order valence-electron chi connectivity index (χ0n) is 6.65. The first-order valence-electron chi connectivity index (χ1n) is 3.47. The van der Waals surface area contributed by atoms with Gasteiger partial charge >= 0.3 is 0 Å². The van der Waals surface area contributed by atoms with E-state index in [1.807, 2.05) is 13.8 Å². The van der Waals surface area contributed by atoms with Crippen molar-refractivity contribution in [2.24, 2.45) is 5.11 Å². The van der Waals surface area contributed by atoms with Gasteiger partial charge in [-0.1, -0.05) is 5.11 Å². The molecule has 1 saturated heterocycles. The lowest BCUT2D eigenvalue weighted by atomic mass is 10.4. The Kier molecular flexibility index (Phi) is 2.34. The van der Waals surface area contributed by atoms with Crippen LogP contribution in [0.25, 0.3) is 10.4 Å². The quantitative estimate of drug-likeness (QED) is 0.346. The van der Waals surface area contributed by atoms with Crippen molar-refractivity contribution in [2.75, 3.05) is 13.2 Å². The van der Waals surface area contributed by atoms with Gasteiger partial charge in [-0.2, -0.15) is 0 Å². The summed E-state index contributed by atoms with van der Waals surface area (Å²) in [6, 6.07) is 0. The summed E-state index contributed by atoms with van der Waals surface area (Å²) in [7, 11) is 0. The van der Waals surface area contributed by atoms with Crippen LogP contribution in [0.4, 0.5) is 0 Å². The van der Waals surface area contributed by atoms with Crippen LogP contribution >= 0.6 is 0 Å². The minimum absolute atomic E-state index is 0.0825. The van der Waals surface area contributed by atoms with E-state index in [1.54, 1.807) is 0 Å². The summed E-state index contributed by atoms with van der Waals surface area (Å²) in [5.41, 5.74) is 8.02. The second kappa shape index (κ2) is 3.09. The molecule has 0 aliphatic carbocycles. The van der Waals surface area contributed by atoms with Gasteiger partial charge in [0.1, 0.15) is 0 Å². The highest BCUT2D eigenvalue weighted by Crippen LogP contribution is 2.22. The molecule has 1 unspecified atom stereocenters. The molecular weight excluding hydrogens is 146 g/mol. The fourth-order valence-electron chi connectivity index (χ4n) is 0.981. The van der Waals surface area contributed by atoms with Crippen molar-refractivity contribution in [3.05, 3.63) is 10.4 Å². The molecule has 1 heterocycles. The van der Waals surface area contributed by atoms with Crippen molar-refractivity contribution in [2.45, 2.75) is 25.7 Å². The molecule has 1 aliphatic rings. The second-order valence-corrected chi connectivity index (χ2v) is 2.86. The lowest BCUT2D eigenvalue weighted by molar-refractivity contribution is -0.137. The Hall–Kier alpha value is -0.770. The maximum atomic E-state index is 8.02. The largest absolute Gasteiger partial charge is 0.348 e. The number of hydrogen-bond acceptors (Lipinski definition) is 3. The Morgan fingerprint density at radius 1 is 1.73 bits per heavy atom. The lowest BCUT2D eigenvalue weighted by Crippen LogP contribution is -2.22. The second-order valence-electron chi connectivity index (χ2n) is 2.86. The van der Waals surface area contributed by atoms with E-state index in [0.717, 1.165) is 0 Å². The van der Waals surface area contributed by atoms with Crippen LogP contribution in [-0.4, -0.2) is 25.0 Å². The SMILES string of the molecule is CC1(C)OCC(CN=[N+]=[N-])O1. The van der Waals surface area contributed by atoms with E-state index in [4.69, 9.17) is 15.0 Å². The average Bonchev–Trinajstić information content (AvgIpc) is 2.26. The van der Waals surface area contributed by atoms with Crippen molar-refractivity contribution in [1.29, 1.82) is 0 Å². The van der Waals surface area contributed by atoms with E-state index >= 15 is 0 Å². The van der Waals surface area contributed by atoms with Gasteiger partial charge in [0, 0.05) is 4.91 Å². The number of nitrogens with zero attached hydrogens (tertiary/aromatic N) is 3. The van der Waals surface area contributed by atoms with Crippen LogP contribution in [0, 0.1) is 0 Å². The molecule has 11 heavy (non-hydrogen) atoms. The Bertz CT molecular complexity index is 186. The van der Waals surface area contributed by atoms with Crippen LogP contribution in [0.1, 0.15) is 13.8 Å². The fraction of sp³-hybridized carbons (Fsp3) is 1.00. The van der Waals surface area contributed by atoms with E-state index in [2.05, 4.69) is 10.0 Å². The van der Waals surface area contributed by atoms with Crippen molar-refractivity contribution in [3.8, 4) is 0 Å². The summed E-state index contributed by atoms with van der Waals surface area (Å²) in [5.74, 6) is -0.518. The van der Waals surface area contributed by atoms with E-state index in [1.165, 1.54) is 0 Å². The van der Waals surface area contributed by atoms with Gasteiger partial charge in [-0.25, -0.2) is 0 Å². The molecular formula is C6H11N3O2. The first-order valence-corrected chi connectivity index (χ1v) is 3.47. The summed E-state index contributed by atoms with van der Waals surface area (Å²) in [4.78, 5) is 2.64. The van der Waals surface area contributed by atoms with Crippen molar-refractivity contribution < 1.29 is 9.47 Å². The minimum Gasteiger partial charge on any atom is -0.348 e. The summed E-state index contributed by atoms with van der Waals surface area (Å²) in [6.07, 6.45) is -0.0825. The Morgan fingerprint density at radius 2 is 2.45 bits per heavy atom. The molecule has 0 saturated carbocycles. The average molecular weight is 157 g/mol. The predicted molar refractivity (Wildman–Crippen MR) is 38.9 cm³/mol. The molecule has 5 heteroatoms. The zero-order chi connectivity index (χ0) is 8.32. The fourth-order valence-corrected chi connectivity index (χ4v) is 0.981. The molecule has 0 aromatic carbocycles. The topological polar surface area (TPSA) is 67.2 Å². The van der Waals surface area contributed by atoms with Crippen LogP contribution < -0.4 is 0 Å². The standard InChI is InChI=1S/C6H11N3O2/c1-6(2)10-4-5(11-6)3-8-9-7/h5H,3-4H2,1-2H3. The van der Waals surface area contributed by atoms with E-state index < -0.39 is 5.79 Å². The number of rotatable bonds is 2. The van der Waals surface area contributed by atoms with Crippen LogP contribution in [-0.2, 0) is 9.47 Å². The molecule has 1 aliphatic heterocycles. The molecule has 0 radical (unpaired) electrons. The first-order chi connectivity index (χ1) is 5.14. The van der Waals surface area contributed by atoms with Crippen LogP contribution in [0.2, 0.25) is 0 Å². The van der Waals surface area contributed by atoms with Gasteiger partial charge < -0.3 is 9.47 Å². The first kappa shape index (κ1) is 8.33. The minimum atomic E-state index is -0.518. The highest BCUT2D eigenvalue weighted by Gasteiger charge is 2.31. The third-order valence-electron chi connectivity index (χ3n) is 1.42. The van der Waals surface area contributed by atoms with Gasteiger partial charge in [-0.15, -0.1) is 0 Å². The summed E-state index contributed by atoms with van der Waals surface area (Å²) in [6.45, 7) is 4.53. The van der Waals surface area contributed by atoms with Crippen LogP contribution in [0.3, 0.4) is 0 Å². The molecule has 0 N–H and O–H groups in total. The van der Waals surface area contributed by atoms with Gasteiger partial charge in [-0.05, 0) is 19.4 Å². The molecule has 0 spiro atoms. The normalized spacial score (nSPS) is 28.0. The third kappa shape index (κ3) is 2.38.